The molecule has 90 valence electrons. The Hall–Kier alpha value is -0.940. The molecule has 0 bridgehead atoms. The highest BCUT2D eigenvalue weighted by atomic mass is 79.9. The van der Waals surface area contributed by atoms with Gasteiger partial charge in [0, 0.05) is 6.04 Å². The quantitative estimate of drug-likeness (QED) is 0.819. The Morgan fingerprint density at radius 2 is 2.35 bits per heavy atom. The van der Waals surface area contributed by atoms with E-state index in [1.807, 2.05) is 19.1 Å². The van der Waals surface area contributed by atoms with Gasteiger partial charge in [-0.1, -0.05) is 6.07 Å². The number of aryl methyl sites for hydroxylation is 1. The lowest BCUT2D eigenvalue weighted by Gasteiger charge is -2.14. The molecule has 1 aliphatic carbocycles. The van der Waals surface area contributed by atoms with Gasteiger partial charge in [0.1, 0.15) is 10.4 Å². The third-order valence-corrected chi connectivity index (χ3v) is 3.94. The van der Waals surface area contributed by atoms with Crippen molar-refractivity contribution in [2.75, 3.05) is 5.32 Å². The number of carbonyl (C=O) groups excluding carboxylic acids is 1. The molecule has 0 aromatic carbocycles. The van der Waals surface area contributed by atoms with Crippen molar-refractivity contribution >= 4 is 27.7 Å². The number of amides is 1. The highest BCUT2D eigenvalue weighted by Gasteiger charge is 2.47. The molecule has 3 rings (SSSR count). The van der Waals surface area contributed by atoms with Crippen molar-refractivity contribution in [1.29, 1.82) is 0 Å². The zero-order valence-electron chi connectivity index (χ0n) is 9.53. The fraction of sp³-hybridized carbons (Fsp3) is 0.500. The van der Waals surface area contributed by atoms with Gasteiger partial charge < -0.3 is 10.6 Å². The van der Waals surface area contributed by atoms with E-state index in [1.165, 1.54) is 6.42 Å². The summed E-state index contributed by atoms with van der Waals surface area (Å²) in [5.74, 6) is 1.40. The maximum Gasteiger partial charge on any atom is 0.242 e. The van der Waals surface area contributed by atoms with Crippen LogP contribution in [0, 0.1) is 12.8 Å². The van der Waals surface area contributed by atoms with Crippen LogP contribution in [0.4, 0.5) is 5.82 Å². The fourth-order valence-electron chi connectivity index (χ4n) is 2.36. The lowest BCUT2D eigenvalue weighted by molar-refractivity contribution is -0.118. The maximum atomic E-state index is 12.0. The van der Waals surface area contributed by atoms with Crippen molar-refractivity contribution in [3.63, 3.8) is 0 Å². The first-order chi connectivity index (χ1) is 8.13. The number of halogens is 1. The van der Waals surface area contributed by atoms with Crippen LogP contribution in [0.25, 0.3) is 0 Å². The first-order valence-electron chi connectivity index (χ1n) is 5.83. The summed E-state index contributed by atoms with van der Waals surface area (Å²) in [4.78, 5) is 16.3. The molecule has 1 aromatic heterocycles. The Bertz CT molecular complexity index is 467. The molecule has 0 radical (unpaired) electrons. The number of carbonyl (C=O) groups is 1. The van der Waals surface area contributed by atoms with Crippen LogP contribution >= 0.6 is 15.9 Å². The molecule has 0 spiro atoms. The lowest BCUT2D eigenvalue weighted by atomic mass is 10.1. The number of nitrogens with one attached hydrogen (secondary N) is 2. The normalized spacial score (nSPS) is 29.9. The standard InChI is InChI=1S/C12H14BrN3O/c1-6-2-3-10(13)15-11(6)16-12(17)9-5-7-4-8(7)14-9/h2-3,7-9,14H,4-5H2,1H3,(H,15,16,17)/t7-,8?,9+/m1/s1. The minimum absolute atomic E-state index is 0.0332. The van der Waals surface area contributed by atoms with E-state index in [4.69, 9.17) is 0 Å². The van der Waals surface area contributed by atoms with E-state index in [9.17, 15) is 4.79 Å². The smallest absolute Gasteiger partial charge is 0.242 e. The summed E-state index contributed by atoms with van der Waals surface area (Å²) in [7, 11) is 0. The summed E-state index contributed by atoms with van der Waals surface area (Å²) in [5.41, 5.74) is 0.977. The second kappa shape index (κ2) is 4.07. The van der Waals surface area contributed by atoms with Crippen LogP contribution in [0.5, 0.6) is 0 Å². The van der Waals surface area contributed by atoms with E-state index >= 15 is 0 Å². The highest BCUT2D eigenvalue weighted by molar-refractivity contribution is 9.10. The molecule has 1 aromatic rings. The van der Waals surface area contributed by atoms with Crippen LogP contribution in [0.1, 0.15) is 18.4 Å². The predicted octanol–water partition coefficient (Wildman–Crippen LogP) is 1.84. The van der Waals surface area contributed by atoms with E-state index in [1.54, 1.807) is 0 Å². The summed E-state index contributed by atoms with van der Waals surface area (Å²) >= 11 is 3.31. The Kier molecular flexibility index (Phi) is 2.67. The number of nitrogens with zero attached hydrogens (tertiary/aromatic N) is 1. The van der Waals surface area contributed by atoms with Crippen molar-refractivity contribution in [2.24, 2.45) is 5.92 Å². The molecule has 2 fully saturated rings. The van der Waals surface area contributed by atoms with Gasteiger partial charge in [-0.2, -0.15) is 0 Å². The summed E-state index contributed by atoms with van der Waals surface area (Å²) in [6.45, 7) is 1.94. The van der Waals surface area contributed by atoms with Gasteiger partial charge in [-0.15, -0.1) is 0 Å². The number of anilines is 1. The average molecular weight is 296 g/mol. The molecule has 3 atom stereocenters. The minimum atomic E-state index is -0.0427. The van der Waals surface area contributed by atoms with Crippen LogP contribution in [0.15, 0.2) is 16.7 Å². The van der Waals surface area contributed by atoms with Crippen LogP contribution in [-0.4, -0.2) is 23.0 Å². The summed E-state index contributed by atoms with van der Waals surface area (Å²) < 4.78 is 0.737. The van der Waals surface area contributed by atoms with E-state index in [-0.39, 0.29) is 11.9 Å². The van der Waals surface area contributed by atoms with Crippen molar-refractivity contribution in [2.45, 2.75) is 31.8 Å². The van der Waals surface area contributed by atoms with Crippen LogP contribution in [-0.2, 0) is 4.79 Å². The van der Waals surface area contributed by atoms with Gasteiger partial charge in [0.15, 0.2) is 0 Å². The average Bonchev–Trinajstić information content (AvgIpc) is 2.91. The lowest BCUT2D eigenvalue weighted by Crippen LogP contribution is -2.38. The highest BCUT2D eigenvalue weighted by Crippen LogP contribution is 2.40. The first kappa shape index (κ1) is 11.2. The molecular weight excluding hydrogens is 282 g/mol. The molecule has 2 aliphatic rings. The number of hydrogen-bond donors (Lipinski definition) is 2. The third kappa shape index (κ3) is 2.21. The van der Waals surface area contributed by atoms with E-state index < -0.39 is 0 Å². The van der Waals surface area contributed by atoms with Gasteiger partial charge >= 0.3 is 0 Å². The zero-order valence-corrected chi connectivity index (χ0v) is 11.1. The Labute approximate surface area is 108 Å². The van der Waals surface area contributed by atoms with Crippen LogP contribution in [0.3, 0.4) is 0 Å². The van der Waals surface area contributed by atoms with Crippen LogP contribution in [0.2, 0.25) is 0 Å². The Morgan fingerprint density at radius 3 is 3.06 bits per heavy atom. The Balaban J connectivity index is 1.69. The van der Waals surface area contributed by atoms with Crippen molar-refractivity contribution in [3.05, 3.63) is 22.3 Å². The predicted molar refractivity (Wildman–Crippen MR) is 68.7 cm³/mol. The van der Waals surface area contributed by atoms with Gasteiger partial charge in [0.25, 0.3) is 0 Å². The molecule has 1 saturated carbocycles. The van der Waals surface area contributed by atoms with Gasteiger partial charge in [-0.25, -0.2) is 4.98 Å². The number of pyridine rings is 1. The third-order valence-electron chi connectivity index (χ3n) is 3.50. The molecule has 2 heterocycles. The van der Waals surface area contributed by atoms with Gasteiger partial charge in [-0.3, -0.25) is 4.79 Å². The zero-order chi connectivity index (χ0) is 12.0. The molecule has 2 N–H and O–H groups in total. The van der Waals surface area contributed by atoms with Gasteiger partial charge in [0.05, 0.1) is 6.04 Å². The molecule has 1 saturated heterocycles. The number of fused-ring (bicyclic) bond motifs is 1. The van der Waals surface area contributed by atoms with Crippen molar-refractivity contribution in [1.82, 2.24) is 10.3 Å². The topological polar surface area (TPSA) is 54.0 Å². The Morgan fingerprint density at radius 1 is 1.53 bits per heavy atom. The monoisotopic (exact) mass is 295 g/mol. The first-order valence-corrected chi connectivity index (χ1v) is 6.63. The van der Waals surface area contributed by atoms with E-state index in [0.29, 0.717) is 11.9 Å². The van der Waals surface area contributed by atoms with Gasteiger partial charge in [-0.05, 0) is 53.2 Å². The van der Waals surface area contributed by atoms with Crippen LogP contribution < -0.4 is 10.6 Å². The molecule has 4 nitrogen and oxygen atoms in total. The second-order valence-electron chi connectivity index (χ2n) is 4.85. The fourth-order valence-corrected chi connectivity index (χ4v) is 2.67. The van der Waals surface area contributed by atoms with E-state index in [0.717, 1.165) is 22.5 Å². The molecule has 5 heteroatoms. The second-order valence-corrected chi connectivity index (χ2v) is 5.66. The SMILES string of the molecule is Cc1ccc(Br)nc1NC(=O)[C@@H]1C[C@H]2CC2N1. The number of piperidine rings is 1. The van der Waals surface area contributed by atoms with Gasteiger partial charge in [0.2, 0.25) is 5.91 Å². The molecule has 1 unspecified atom stereocenters. The summed E-state index contributed by atoms with van der Waals surface area (Å²) in [5, 5.41) is 6.22. The maximum absolute atomic E-state index is 12.0. The largest absolute Gasteiger partial charge is 0.309 e. The van der Waals surface area contributed by atoms with Crippen molar-refractivity contribution < 1.29 is 4.79 Å². The summed E-state index contributed by atoms with van der Waals surface area (Å²) in [6.07, 6.45) is 2.20. The molecular formula is C12H14BrN3O. The molecule has 17 heavy (non-hydrogen) atoms. The minimum Gasteiger partial charge on any atom is -0.309 e. The number of hydrogen-bond acceptors (Lipinski definition) is 3. The van der Waals surface area contributed by atoms with Crippen molar-refractivity contribution in [3.8, 4) is 0 Å². The van der Waals surface area contributed by atoms with E-state index in [2.05, 4.69) is 31.5 Å². The molecule has 1 aliphatic heterocycles. The number of aromatic nitrogens is 1. The molecule has 1 amide bonds. The summed E-state index contributed by atoms with van der Waals surface area (Å²) in [6, 6.07) is 4.35. The number of rotatable bonds is 2.